The lowest BCUT2D eigenvalue weighted by Gasteiger charge is -2.21. The van der Waals surface area contributed by atoms with Gasteiger partial charge in [0, 0.05) is 22.9 Å². The van der Waals surface area contributed by atoms with E-state index in [2.05, 4.69) is 36.7 Å². The van der Waals surface area contributed by atoms with Crippen LogP contribution in [0, 0.1) is 5.92 Å². The fraction of sp³-hybridized carbons (Fsp3) is 0.391. The summed E-state index contributed by atoms with van der Waals surface area (Å²) in [5.41, 5.74) is 3.21. The van der Waals surface area contributed by atoms with Gasteiger partial charge in [-0.05, 0) is 67.2 Å². The van der Waals surface area contributed by atoms with Gasteiger partial charge in [0.05, 0.1) is 0 Å². The van der Waals surface area contributed by atoms with Gasteiger partial charge in [0.25, 0.3) is 5.91 Å². The van der Waals surface area contributed by atoms with Crippen LogP contribution in [0.3, 0.4) is 0 Å². The molecule has 0 saturated carbocycles. The highest BCUT2D eigenvalue weighted by Gasteiger charge is 2.21. The van der Waals surface area contributed by atoms with Crippen molar-refractivity contribution in [3.63, 3.8) is 0 Å². The number of nitrogens with one attached hydrogen (secondary N) is 3. The topological polar surface area (TPSA) is 70.2 Å². The van der Waals surface area contributed by atoms with Crippen molar-refractivity contribution >= 4 is 23.2 Å². The second kappa shape index (κ2) is 8.57. The molecule has 0 unspecified atom stereocenters. The fourth-order valence-electron chi connectivity index (χ4n) is 3.33. The van der Waals surface area contributed by atoms with Crippen LogP contribution in [0.25, 0.3) is 0 Å². The molecule has 3 rings (SSSR count). The fourth-order valence-corrected chi connectivity index (χ4v) is 3.33. The molecule has 1 saturated heterocycles. The molecule has 148 valence electrons. The molecule has 0 radical (unpaired) electrons. The van der Waals surface area contributed by atoms with Crippen molar-refractivity contribution in [3.8, 4) is 0 Å². The maximum atomic E-state index is 12.6. The summed E-state index contributed by atoms with van der Waals surface area (Å²) in [6.45, 7) is 8.19. The Morgan fingerprint density at radius 1 is 0.929 bits per heavy atom. The number of piperidine rings is 1. The Morgan fingerprint density at radius 2 is 1.54 bits per heavy atom. The molecule has 28 heavy (non-hydrogen) atoms. The Labute approximate surface area is 166 Å². The van der Waals surface area contributed by atoms with Crippen molar-refractivity contribution in [2.45, 2.75) is 39.0 Å². The van der Waals surface area contributed by atoms with Gasteiger partial charge in [0.2, 0.25) is 5.91 Å². The molecule has 1 aliphatic heterocycles. The predicted molar refractivity (Wildman–Crippen MR) is 114 cm³/mol. The summed E-state index contributed by atoms with van der Waals surface area (Å²) < 4.78 is 0. The third-order valence-electron chi connectivity index (χ3n) is 5.11. The minimum atomic E-state index is -0.165. The third kappa shape index (κ3) is 5.20. The van der Waals surface area contributed by atoms with Gasteiger partial charge in [0.1, 0.15) is 0 Å². The SMILES string of the molecule is CC(C)(C)c1ccc(C(=O)Nc2cccc(NC(=O)C3CCNCC3)c2)cc1. The Morgan fingerprint density at radius 3 is 2.14 bits per heavy atom. The van der Waals surface area contributed by atoms with Crippen LogP contribution >= 0.6 is 0 Å². The minimum Gasteiger partial charge on any atom is -0.326 e. The molecule has 5 nitrogen and oxygen atoms in total. The summed E-state index contributed by atoms with van der Waals surface area (Å²) in [6, 6.07) is 15.0. The van der Waals surface area contributed by atoms with E-state index in [0.29, 0.717) is 16.9 Å². The number of amides is 2. The highest BCUT2D eigenvalue weighted by molar-refractivity contribution is 6.04. The van der Waals surface area contributed by atoms with Gasteiger partial charge in [-0.3, -0.25) is 9.59 Å². The normalized spacial score (nSPS) is 15.1. The second-order valence-corrected chi connectivity index (χ2v) is 8.38. The van der Waals surface area contributed by atoms with Crippen molar-refractivity contribution in [3.05, 3.63) is 59.7 Å². The summed E-state index contributed by atoms with van der Waals surface area (Å²) >= 11 is 0. The van der Waals surface area contributed by atoms with E-state index in [9.17, 15) is 9.59 Å². The average molecular weight is 380 g/mol. The van der Waals surface area contributed by atoms with Crippen LogP contribution in [0.2, 0.25) is 0 Å². The lowest BCUT2D eigenvalue weighted by atomic mass is 9.87. The molecule has 1 aliphatic rings. The molecule has 0 atom stereocenters. The number of carbonyl (C=O) groups excluding carboxylic acids is 2. The van der Waals surface area contributed by atoms with Crippen molar-refractivity contribution in [1.29, 1.82) is 0 Å². The second-order valence-electron chi connectivity index (χ2n) is 8.38. The van der Waals surface area contributed by atoms with Crippen LogP contribution in [0.15, 0.2) is 48.5 Å². The van der Waals surface area contributed by atoms with E-state index < -0.39 is 0 Å². The van der Waals surface area contributed by atoms with Crippen LogP contribution in [0.1, 0.15) is 49.5 Å². The zero-order valence-electron chi connectivity index (χ0n) is 16.8. The van der Waals surface area contributed by atoms with E-state index in [4.69, 9.17) is 0 Å². The average Bonchev–Trinajstić information content (AvgIpc) is 2.68. The van der Waals surface area contributed by atoms with Crippen LogP contribution in [-0.4, -0.2) is 24.9 Å². The van der Waals surface area contributed by atoms with Gasteiger partial charge in [-0.2, -0.15) is 0 Å². The first-order chi connectivity index (χ1) is 13.3. The molecule has 2 aromatic carbocycles. The van der Waals surface area contributed by atoms with E-state index in [1.807, 2.05) is 42.5 Å². The van der Waals surface area contributed by atoms with Gasteiger partial charge in [-0.1, -0.05) is 39.0 Å². The molecule has 0 bridgehead atoms. The van der Waals surface area contributed by atoms with Crippen LogP contribution in [0.4, 0.5) is 11.4 Å². The molecule has 5 heteroatoms. The van der Waals surface area contributed by atoms with Crippen molar-refractivity contribution in [2.75, 3.05) is 23.7 Å². The maximum Gasteiger partial charge on any atom is 0.255 e. The molecular weight excluding hydrogens is 350 g/mol. The zero-order chi connectivity index (χ0) is 20.1. The number of carbonyl (C=O) groups is 2. The minimum absolute atomic E-state index is 0.0424. The monoisotopic (exact) mass is 379 g/mol. The van der Waals surface area contributed by atoms with Crippen molar-refractivity contribution in [1.82, 2.24) is 5.32 Å². The van der Waals surface area contributed by atoms with Crippen LogP contribution in [0.5, 0.6) is 0 Å². The number of anilines is 2. The highest BCUT2D eigenvalue weighted by Crippen LogP contribution is 2.23. The molecule has 0 aliphatic carbocycles. The molecule has 2 amide bonds. The Bertz CT molecular complexity index is 832. The first-order valence-corrected chi connectivity index (χ1v) is 9.86. The smallest absolute Gasteiger partial charge is 0.255 e. The van der Waals surface area contributed by atoms with Gasteiger partial charge in [0.15, 0.2) is 0 Å². The molecule has 3 N–H and O–H groups in total. The number of hydrogen-bond donors (Lipinski definition) is 3. The van der Waals surface area contributed by atoms with Gasteiger partial charge in [-0.25, -0.2) is 0 Å². The Balaban J connectivity index is 1.63. The summed E-state index contributed by atoms with van der Waals surface area (Å²) in [6.07, 6.45) is 1.71. The maximum absolute atomic E-state index is 12.6. The summed E-state index contributed by atoms with van der Waals surface area (Å²) in [4.78, 5) is 25.0. The van der Waals surface area contributed by atoms with Gasteiger partial charge in [-0.15, -0.1) is 0 Å². The van der Waals surface area contributed by atoms with Crippen LogP contribution < -0.4 is 16.0 Å². The molecular formula is C23H29N3O2. The zero-order valence-corrected chi connectivity index (χ0v) is 16.8. The van der Waals surface area contributed by atoms with Gasteiger partial charge < -0.3 is 16.0 Å². The van der Waals surface area contributed by atoms with Crippen LogP contribution in [-0.2, 0) is 10.2 Å². The summed E-state index contributed by atoms with van der Waals surface area (Å²) in [5.74, 6) is -0.0779. The lowest BCUT2D eigenvalue weighted by Crippen LogP contribution is -2.34. The Hall–Kier alpha value is -2.66. The van der Waals surface area contributed by atoms with E-state index in [-0.39, 0.29) is 23.1 Å². The quantitative estimate of drug-likeness (QED) is 0.746. The lowest BCUT2D eigenvalue weighted by molar-refractivity contribution is -0.120. The van der Waals surface area contributed by atoms with Crippen molar-refractivity contribution < 1.29 is 9.59 Å². The number of hydrogen-bond acceptors (Lipinski definition) is 3. The first-order valence-electron chi connectivity index (χ1n) is 9.86. The standard InChI is InChI=1S/C23H29N3O2/c1-23(2,3)18-9-7-16(8-10-18)21(27)25-19-5-4-6-20(15-19)26-22(28)17-11-13-24-14-12-17/h4-10,15,17,24H,11-14H2,1-3H3,(H,25,27)(H,26,28). The van der Waals surface area contributed by atoms with E-state index in [1.165, 1.54) is 5.56 Å². The van der Waals surface area contributed by atoms with E-state index >= 15 is 0 Å². The van der Waals surface area contributed by atoms with Crippen molar-refractivity contribution in [2.24, 2.45) is 5.92 Å². The molecule has 1 heterocycles. The highest BCUT2D eigenvalue weighted by atomic mass is 16.2. The largest absolute Gasteiger partial charge is 0.326 e. The Kier molecular flexibility index (Phi) is 6.15. The first kappa shape index (κ1) is 20.1. The molecule has 0 aromatic heterocycles. The van der Waals surface area contributed by atoms with Gasteiger partial charge >= 0.3 is 0 Å². The van der Waals surface area contributed by atoms with E-state index in [0.717, 1.165) is 25.9 Å². The summed E-state index contributed by atoms with van der Waals surface area (Å²) in [5, 5.41) is 9.14. The summed E-state index contributed by atoms with van der Waals surface area (Å²) in [7, 11) is 0. The molecule has 2 aromatic rings. The number of rotatable bonds is 4. The number of benzene rings is 2. The molecule has 0 spiro atoms. The molecule has 1 fully saturated rings. The third-order valence-corrected chi connectivity index (χ3v) is 5.11. The predicted octanol–water partition coefficient (Wildman–Crippen LogP) is 4.17. The van der Waals surface area contributed by atoms with E-state index in [1.54, 1.807) is 6.07 Å².